The van der Waals surface area contributed by atoms with E-state index in [-0.39, 0.29) is 19.8 Å². The van der Waals surface area contributed by atoms with Crippen LogP contribution in [0.3, 0.4) is 0 Å². The van der Waals surface area contributed by atoms with Gasteiger partial charge >= 0.3 is 6.18 Å². The van der Waals surface area contributed by atoms with Gasteiger partial charge in [-0.05, 0) is 12.5 Å². The van der Waals surface area contributed by atoms with Crippen LogP contribution in [0, 0.1) is 6.92 Å². The molecule has 102 valence electrons. The molecule has 0 atom stereocenters. The number of hydrogen-bond donors (Lipinski definition) is 1. The Morgan fingerprint density at radius 3 is 2.56 bits per heavy atom. The highest BCUT2D eigenvalue weighted by molar-refractivity contribution is 5.40. The van der Waals surface area contributed by atoms with Crippen molar-refractivity contribution in [3.05, 3.63) is 29.3 Å². The number of hydrogen-bond acceptors (Lipinski definition) is 3. The maximum atomic E-state index is 11.8. The molecule has 0 unspecified atom stereocenters. The number of alkyl halides is 3. The number of benzene rings is 1. The van der Waals surface area contributed by atoms with Crippen LogP contribution in [-0.2, 0) is 11.3 Å². The second-order valence-corrected chi connectivity index (χ2v) is 3.74. The van der Waals surface area contributed by atoms with Gasteiger partial charge in [0.1, 0.15) is 19.0 Å². The van der Waals surface area contributed by atoms with Gasteiger partial charge < -0.3 is 14.6 Å². The lowest BCUT2D eigenvalue weighted by molar-refractivity contribution is -0.175. The molecule has 1 aromatic rings. The predicted octanol–water partition coefficient (Wildman–Crippen LogP) is 2.45. The molecule has 0 aromatic heterocycles. The van der Waals surface area contributed by atoms with E-state index in [1.54, 1.807) is 25.1 Å². The van der Waals surface area contributed by atoms with Crippen molar-refractivity contribution in [2.45, 2.75) is 19.7 Å². The lowest BCUT2D eigenvalue weighted by Crippen LogP contribution is -2.19. The van der Waals surface area contributed by atoms with Crippen LogP contribution < -0.4 is 4.74 Å². The summed E-state index contributed by atoms with van der Waals surface area (Å²) in [5.41, 5.74) is 1.42. The molecular weight excluding hydrogens is 249 g/mol. The lowest BCUT2D eigenvalue weighted by atomic mass is 10.1. The molecule has 0 fully saturated rings. The minimum Gasteiger partial charge on any atom is -0.491 e. The molecule has 0 bridgehead atoms. The van der Waals surface area contributed by atoms with Crippen LogP contribution in [0.25, 0.3) is 0 Å². The van der Waals surface area contributed by atoms with E-state index in [9.17, 15) is 13.2 Å². The van der Waals surface area contributed by atoms with Crippen molar-refractivity contribution in [2.75, 3.05) is 19.8 Å². The molecule has 0 aliphatic carbocycles. The van der Waals surface area contributed by atoms with Crippen molar-refractivity contribution in [1.82, 2.24) is 0 Å². The normalized spacial score (nSPS) is 11.6. The molecule has 0 amide bonds. The zero-order chi connectivity index (χ0) is 13.6. The van der Waals surface area contributed by atoms with Crippen molar-refractivity contribution in [3.8, 4) is 5.75 Å². The summed E-state index contributed by atoms with van der Waals surface area (Å²) in [4.78, 5) is 0. The molecule has 3 nitrogen and oxygen atoms in total. The van der Waals surface area contributed by atoms with Gasteiger partial charge in [-0.15, -0.1) is 0 Å². The van der Waals surface area contributed by atoms with E-state index in [4.69, 9.17) is 9.84 Å². The molecule has 0 heterocycles. The monoisotopic (exact) mass is 264 g/mol. The van der Waals surface area contributed by atoms with Gasteiger partial charge in [-0.2, -0.15) is 13.2 Å². The molecule has 0 aliphatic rings. The Labute approximate surface area is 103 Å². The largest absolute Gasteiger partial charge is 0.491 e. The molecule has 0 radical (unpaired) electrons. The van der Waals surface area contributed by atoms with E-state index in [1.165, 1.54) is 0 Å². The first kappa shape index (κ1) is 14.8. The third kappa shape index (κ3) is 4.93. The fourth-order valence-corrected chi connectivity index (χ4v) is 1.43. The Morgan fingerprint density at radius 2 is 1.94 bits per heavy atom. The summed E-state index contributed by atoms with van der Waals surface area (Å²) >= 11 is 0. The number of ether oxygens (including phenoxy) is 2. The lowest BCUT2D eigenvalue weighted by Gasteiger charge is -2.13. The van der Waals surface area contributed by atoms with Crippen molar-refractivity contribution >= 4 is 0 Å². The zero-order valence-electron chi connectivity index (χ0n) is 9.96. The van der Waals surface area contributed by atoms with Crippen LogP contribution >= 0.6 is 0 Å². The number of para-hydroxylation sites is 1. The summed E-state index contributed by atoms with van der Waals surface area (Å²) in [6.45, 7) is 0.190. The van der Waals surface area contributed by atoms with E-state index < -0.39 is 12.8 Å². The van der Waals surface area contributed by atoms with Crippen LogP contribution in [-0.4, -0.2) is 31.1 Å². The topological polar surface area (TPSA) is 38.7 Å². The number of aliphatic hydroxyl groups excluding tert-OH is 1. The summed E-state index contributed by atoms with van der Waals surface area (Å²) in [6.07, 6.45) is -4.32. The van der Waals surface area contributed by atoms with Crippen LogP contribution in [0.2, 0.25) is 0 Å². The van der Waals surface area contributed by atoms with Gasteiger partial charge in [0.2, 0.25) is 0 Å². The van der Waals surface area contributed by atoms with Crippen LogP contribution in [0.4, 0.5) is 13.2 Å². The smallest absolute Gasteiger partial charge is 0.411 e. The molecular formula is C12H15F3O3. The molecule has 1 N–H and O–H groups in total. The van der Waals surface area contributed by atoms with Gasteiger partial charge in [-0.1, -0.05) is 18.2 Å². The molecule has 0 aliphatic heterocycles. The minimum atomic E-state index is -4.32. The molecule has 1 rings (SSSR count). The minimum absolute atomic E-state index is 0.00787. The summed E-state index contributed by atoms with van der Waals surface area (Å²) in [6, 6.07) is 5.26. The van der Waals surface area contributed by atoms with Crippen LogP contribution in [0.1, 0.15) is 11.1 Å². The van der Waals surface area contributed by atoms with Gasteiger partial charge in [0.25, 0.3) is 0 Å². The Kier molecular flexibility index (Phi) is 5.43. The Bertz CT molecular complexity index is 377. The highest BCUT2D eigenvalue weighted by Crippen LogP contribution is 2.23. The molecule has 0 saturated carbocycles. The van der Waals surface area contributed by atoms with Crippen LogP contribution in [0.5, 0.6) is 5.75 Å². The standard InChI is InChI=1S/C12H15F3O3/c1-9-3-2-4-10(7-16)11(9)18-6-5-17-8-12(13,14)15/h2-4,16H,5-8H2,1H3. The van der Waals surface area contributed by atoms with E-state index >= 15 is 0 Å². The van der Waals surface area contributed by atoms with E-state index in [2.05, 4.69) is 4.74 Å². The van der Waals surface area contributed by atoms with Gasteiger partial charge in [0.15, 0.2) is 0 Å². The molecule has 0 saturated heterocycles. The third-order valence-corrected chi connectivity index (χ3v) is 2.20. The van der Waals surface area contributed by atoms with E-state index in [0.29, 0.717) is 11.3 Å². The predicted molar refractivity (Wildman–Crippen MR) is 59.5 cm³/mol. The SMILES string of the molecule is Cc1cccc(CO)c1OCCOCC(F)(F)F. The Hall–Kier alpha value is -1.27. The second kappa shape index (κ2) is 6.61. The fourth-order valence-electron chi connectivity index (χ4n) is 1.43. The molecule has 18 heavy (non-hydrogen) atoms. The van der Waals surface area contributed by atoms with Gasteiger partial charge in [0, 0.05) is 5.56 Å². The van der Waals surface area contributed by atoms with Crippen molar-refractivity contribution < 1.29 is 27.8 Å². The second-order valence-electron chi connectivity index (χ2n) is 3.74. The van der Waals surface area contributed by atoms with Gasteiger partial charge in [-0.3, -0.25) is 0 Å². The Balaban J connectivity index is 2.40. The average Bonchev–Trinajstić information content (AvgIpc) is 2.29. The quantitative estimate of drug-likeness (QED) is 0.802. The first-order valence-electron chi connectivity index (χ1n) is 5.40. The maximum absolute atomic E-state index is 11.8. The van der Waals surface area contributed by atoms with E-state index in [0.717, 1.165) is 5.56 Å². The number of halogens is 3. The summed E-state index contributed by atoms with van der Waals surface area (Å²) in [5, 5.41) is 9.09. The molecule has 1 aromatic carbocycles. The average molecular weight is 264 g/mol. The maximum Gasteiger partial charge on any atom is 0.411 e. The van der Waals surface area contributed by atoms with Gasteiger partial charge in [-0.25, -0.2) is 0 Å². The molecule has 6 heteroatoms. The van der Waals surface area contributed by atoms with Crippen LogP contribution in [0.15, 0.2) is 18.2 Å². The number of aliphatic hydroxyl groups is 1. The van der Waals surface area contributed by atoms with Crippen molar-refractivity contribution in [3.63, 3.8) is 0 Å². The zero-order valence-corrected chi connectivity index (χ0v) is 9.96. The first-order valence-corrected chi connectivity index (χ1v) is 5.40. The van der Waals surface area contributed by atoms with Crippen molar-refractivity contribution in [2.24, 2.45) is 0 Å². The summed E-state index contributed by atoms with van der Waals surface area (Å²) in [7, 11) is 0. The number of rotatable bonds is 6. The third-order valence-electron chi connectivity index (χ3n) is 2.20. The number of aryl methyl sites for hydroxylation is 1. The first-order chi connectivity index (χ1) is 8.44. The highest BCUT2D eigenvalue weighted by Gasteiger charge is 2.27. The Morgan fingerprint density at radius 1 is 1.22 bits per heavy atom. The summed E-state index contributed by atoms with van der Waals surface area (Å²) in [5.74, 6) is 0.496. The van der Waals surface area contributed by atoms with Crippen molar-refractivity contribution in [1.29, 1.82) is 0 Å². The molecule has 0 spiro atoms. The summed E-state index contributed by atoms with van der Waals surface area (Å²) < 4.78 is 45.1. The van der Waals surface area contributed by atoms with Gasteiger partial charge in [0.05, 0.1) is 13.2 Å². The fraction of sp³-hybridized carbons (Fsp3) is 0.500. The highest BCUT2D eigenvalue weighted by atomic mass is 19.4. The van der Waals surface area contributed by atoms with E-state index in [1.807, 2.05) is 0 Å².